The zero-order chi connectivity index (χ0) is 19.3. The molecule has 1 aromatic rings. The summed E-state index contributed by atoms with van der Waals surface area (Å²) < 4.78 is 27.4. The van der Waals surface area contributed by atoms with Gasteiger partial charge in [-0.2, -0.15) is 4.31 Å². The molecule has 0 spiro atoms. The Kier molecular flexibility index (Phi) is 6.74. The molecule has 1 heterocycles. The highest BCUT2D eigenvalue weighted by Gasteiger charge is 2.30. The van der Waals surface area contributed by atoms with Crippen molar-refractivity contribution in [2.24, 2.45) is 0 Å². The maximum atomic E-state index is 13.0. The molecule has 0 aliphatic carbocycles. The molecular formula is C17H26N4O4S. The Hall–Kier alpha value is -1.97. The largest absolute Gasteiger partial charge is 0.355 e. The normalized spacial score (nSPS) is 16.3. The van der Waals surface area contributed by atoms with Crippen molar-refractivity contribution in [3.8, 4) is 0 Å². The molecule has 26 heavy (non-hydrogen) atoms. The van der Waals surface area contributed by atoms with E-state index in [-0.39, 0.29) is 23.3 Å². The lowest BCUT2D eigenvalue weighted by atomic mass is 10.2. The number of rotatable bonds is 6. The minimum absolute atomic E-state index is 0.0531. The Morgan fingerprint density at radius 1 is 1.15 bits per heavy atom. The first-order valence-electron chi connectivity index (χ1n) is 8.61. The summed E-state index contributed by atoms with van der Waals surface area (Å²) in [4.78, 5) is 25.0. The van der Waals surface area contributed by atoms with Gasteiger partial charge in [0.05, 0.1) is 11.4 Å². The van der Waals surface area contributed by atoms with Gasteiger partial charge in [0.15, 0.2) is 0 Å². The third-order valence-corrected chi connectivity index (χ3v) is 6.24. The van der Waals surface area contributed by atoms with E-state index in [9.17, 15) is 18.0 Å². The fourth-order valence-corrected chi connectivity index (χ4v) is 4.56. The van der Waals surface area contributed by atoms with Gasteiger partial charge >= 0.3 is 0 Å². The summed E-state index contributed by atoms with van der Waals surface area (Å²) in [6.45, 7) is 7.48. The van der Waals surface area contributed by atoms with Crippen LogP contribution in [0.4, 0.5) is 5.69 Å². The second-order valence-corrected chi connectivity index (χ2v) is 8.20. The van der Waals surface area contributed by atoms with Crippen LogP contribution in [-0.4, -0.2) is 68.7 Å². The zero-order valence-electron chi connectivity index (χ0n) is 15.4. The summed E-state index contributed by atoms with van der Waals surface area (Å²) >= 11 is 0. The van der Waals surface area contributed by atoms with Crippen LogP contribution in [0.25, 0.3) is 0 Å². The average molecular weight is 382 g/mol. The standard InChI is InChI=1S/C17H26N4O4S/c1-4-18-17(23)12-20-7-9-21(10-8-20)26(24,25)16-11-15(19-14(3)22)6-5-13(16)2/h5-6,11H,4,7-10,12H2,1-3H3,(H,18,23)(H,19,22). The van der Waals surface area contributed by atoms with E-state index in [2.05, 4.69) is 10.6 Å². The Balaban J connectivity index is 2.09. The molecule has 0 atom stereocenters. The van der Waals surface area contributed by atoms with E-state index in [1.54, 1.807) is 19.1 Å². The van der Waals surface area contributed by atoms with Gasteiger partial charge in [-0.1, -0.05) is 6.07 Å². The SMILES string of the molecule is CCNC(=O)CN1CCN(S(=O)(=O)c2cc(NC(C)=O)ccc2C)CC1. The molecule has 1 aromatic carbocycles. The van der Waals surface area contributed by atoms with E-state index >= 15 is 0 Å². The predicted octanol–water partition coefficient (Wildman–Crippen LogP) is 0.396. The number of aryl methyl sites for hydroxylation is 1. The van der Waals surface area contributed by atoms with E-state index in [1.807, 2.05) is 11.8 Å². The number of benzene rings is 1. The molecule has 144 valence electrons. The third kappa shape index (κ3) is 5.03. The van der Waals surface area contributed by atoms with Crippen LogP contribution in [0.2, 0.25) is 0 Å². The predicted molar refractivity (Wildman–Crippen MR) is 99.4 cm³/mol. The highest BCUT2D eigenvalue weighted by molar-refractivity contribution is 7.89. The number of hydrogen-bond donors (Lipinski definition) is 2. The molecule has 0 bridgehead atoms. The average Bonchev–Trinajstić information content (AvgIpc) is 2.56. The van der Waals surface area contributed by atoms with Crippen molar-refractivity contribution in [2.45, 2.75) is 25.7 Å². The lowest BCUT2D eigenvalue weighted by Gasteiger charge is -2.33. The fraction of sp³-hybridized carbons (Fsp3) is 0.529. The summed E-state index contributed by atoms with van der Waals surface area (Å²) in [6.07, 6.45) is 0. The Labute approximate surface area is 154 Å². The maximum Gasteiger partial charge on any atom is 0.243 e. The van der Waals surface area contributed by atoms with Gasteiger partial charge in [-0.25, -0.2) is 8.42 Å². The Morgan fingerprint density at radius 3 is 2.38 bits per heavy atom. The molecule has 1 fully saturated rings. The highest BCUT2D eigenvalue weighted by Crippen LogP contribution is 2.24. The number of likely N-dealkylation sites (N-methyl/N-ethyl adjacent to an activating group) is 1. The van der Waals surface area contributed by atoms with E-state index < -0.39 is 10.0 Å². The van der Waals surface area contributed by atoms with Gasteiger partial charge in [0, 0.05) is 45.3 Å². The minimum atomic E-state index is -3.66. The lowest BCUT2D eigenvalue weighted by Crippen LogP contribution is -2.51. The fourth-order valence-electron chi connectivity index (χ4n) is 2.88. The van der Waals surface area contributed by atoms with Crippen molar-refractivity contribution < 1.29 is 18.0 Å². The smallest absolute Gasteiger partial charge is 0.243 e. The van der Waals surface area contributed by atoms with E-state index in [0.29, 0.717) is 44.0 Å². The lowest BCUT2D eigenvalue weighted by molar-refractivity contribution is -0.122. The molecule has 1 aliphatic rings. The second-order valence-electron chi connectivity index (χ2n) is 6.30. The number of carbonyl (C=O) groups excluding carboxylic acids is 2. The quantitative estimate of drug-likeness (QED) is 0.742. The van der Waals surface area contributed by atoms with Crippen molar-refractivity contribution in [1.82, 2.24) is 14.5 Å². The van der Waals surface area contributed by atoms with Gasteiger partial charge in [-0.05, 0) is 31.5 Å². The van der Waals surface area contributed by atoms with Crippen LogP contribution in [-0.2, 0) is 19.6 Å². The van der Waals surface area contributed by atoms with Gasteiger partial charge in [-0.15, -0.1) is 0 Å². The number of nitrogens with zero attached hydrogens (tertiary/aromatic N) is 2. The molecule has 0 saturated carbocycles. The maximum absolute atomic E-state index is 13.0. The van der Waals surface area contributed by atoms with Crippen LogP contribution >= 0.6 is 0 Å². The Bertz CT molecular complexity index is 771. The number of carbonyl (C=O) groups is 2. The molecule has 2 amide bonds. The monoisotopic (exact) mass is 382 g/mol. The number of nitrogens with one attached hydrogen (secondary N) is 2. The van der Waals surface area contributed by atoms with Crippen LogP contribution in [0.15, 0.2) is 23.1 Å². The first-order valence-corrected chi connectivity index (χ1v) is 10.1. The van der Waals surface area contributed by atoms with Crippen LogP contribution in [0, 0.1) is 6.92 Å². The number of hydrogen-bond acceptors (Lipinski definition) is 5. The minimum Gasteiger partial charge on any atom is -0.355 e. The first kappa shape index (κ1) is 20.3. The number of sulfonamides is 1. The number of amides is 2. The van der Waals surface area contributed by atoms with Crippen molar-refractivity contribution >= 4 is 27.5 Å². The van der Waals surface area contributed by atoms with E-state index in [1.165, 1.54) is 17.3 Å². The van der Waals surface area contributed by atoms with Crippen molar-refractivity contribution in [3.63, 3.8) is 0 Å². The topological polar surface area (TPSA) is 98.8 Å². The summed E-state index contributed by atoms with van der Waals surface area (Å²) in [7, 11) is -3.66. The Morgan fingerprint density at radius 2 is 1.81 bits per heavy atom. The summed E-state index contributed by atoms with van der Waals surface area (Å²) in [6, 6.07) is 4.86. The molecule has 9 heteroatoms. The van der Waals surface area contributed by atoms with Crippen molar-refractivity contribution in [3.05, 3.63) is 23.8 Å². The summed E-state index contributed by atoms with van der Waals surface area (Å²) in [5.74, 6) is -0.307. The molecule has 0 radical (unpaired) electrons. The van der Waals surface area contributed by atoms with Crippen molar-refractivity contribution in [1.29, 1.82) is 0 Å². The van der Waals surface area contributed by atoms with E-state index in [0.717, 1.165) is 0 Å². The molecule has 2 rings (SSSR count). The molecule has 1 saturated heterocycles. The molecule has 2 N–H and O–H groups in total. The van der Waals surface area contributed by atoms with Crippen molar-refractivity contribution in [2.75, 3.05) is 44.6 Å². The summed E-state index contributed by atoms with van der Waals surface area (Å²) in [5, 5.41) is 5.36. The van der Waals surface area contributed by atoms with Gasteiger partial charge in [0.2, 0.25) is 21.8 Å². The van der Waals surface area contributed by atoms with Gasteiger partial charge in [-0.3, -0.25) is 14.5 Å². The molecule has 8 nitrogen and oxygen atoms in total. The first-order chi connectivity index (χ1) is 12.2. The second kappa shape index (κ2) is 8.61. The third-order valence-electron chi connectivity index (χ3n) is 4.20. The molecule has 0 unspecified atom stereocenters. The summed E-state index contributed by atoms with van der Waals surface area (Å²) in [5.41, 5.74) is 1.08. The highest BCUT2D eigenvalue weighted by atomic mass is 32.2. The van der Waals surface area contributed by atoms with E-state index in [4.69, 9.17) is 0 Å². The molecular weight excluding hydrogens is 356 g/mol. The van der Waals surface area contributed by atoms with Gasteiger partial charge in [0.1, 0.15) is 0 Å². The zero-order valence-corrected chi connectivity index (χ0v) is 16.2. The van der Waals surface area contributed by atoms with Crippen LogP contribution < -0.4 is 10.6 Å². The van der Waals surface area contributed by atoms with Crippen LogP contribution in [0.1, 0.15) is 19.4 Å². The van der Waals surface area contributed by atoms with Gasteiger partial charge < -0.3 is 10.6 Å². The number of piperazine rings is 1. The van der Waals surface area contributed by atoms with Crippen LogP contribution in [0.3, 0.4) is 0 Å². The van der Waals surface area contributed by atoms with Gasteiger partial charge in [0.25, 0.3) is 0 Å². The van der Waals surface area contributed by atoms with Crippen LogP contribution in [0.5, 0.6) is 0 Å². The number of anilines is 1. The molecule has 0 aromatic heterocycles. The molecule has 1 aliphatic heterocycles.